The molecule has 2 saturated heterocycles. The van der Waals surface area contributed by atoms with E-state index in [9.17, 15) is 0 Å². The van der Waals surface area contributed by atoms with E-state index in [0.29, 0.717) is 51.4 Å². The van der Waals surface area contributed by atoms with Crippen molar-refractivity contribution < 1.29 is 23.7 Å². The van der Waals surface area contributed by atoms with Crippen LogP contribution in [0.2, 0.25) is 0 Å². The van der Waals surface area contributed by atoms with Crippen molar-refractivity contribution in [3.63, 3.8) is 0 Å². The Labute approximate surface area is 297 Å². The van der Waals surface area contributed by atoms with Crippen LogP contribution in [-0.2, 0) is 33.7 Å². The van der Waals surface area contributed by atoms with Gasteiger partial charge in [-0.25, -0.2) is 15.0 Å². The molecule has 0 aliphatic carbocycles. The Morgan fingerprint density at radius 2 is 1.33 bits per heavy atom. The van der Waals surface area contributed by atoms with Crippen LogP contribution in [0.15, 0.2) is 85.2 Å². The van der Waals surface area contributed by atoms with Crippen molar-refractivity contribution in [1.82, 2.24) is 19.9 Å². The molecule has 5 heterocycles. The molecule has 8 rings (SSSR count). The number of methoxy groups -OCH3 is 2. The van der Waals surface area contributed by atoms with Gasteiger partial charge >= 0.3 is 0 Å². The first-order valence-electron chi connectivity index (χ1n) is 17.3. The highest BCUT2D eigenvalue weighted by molar-refractivity contribution is 5.76. The predicted molar refractivity (Wildman–Crippen MR) is 194 cm³/mol. The summed E-state index contributed by atoms with van der Waals surface area (Å²) in [6.07, 6.45) is 4.27. The molecule has 0 bridgehead atoms. The van der Waals surface area contributed by atoms with Crippen LogP contribution >= 0.6 is 0 Å². The number of morpholine rings is 1. The van der Waals surface area contributed by atoms with Gasteiger partial charge in [-0.15, -0.1) is 0 Å². The molecule has 0 saturated carbocycles. The maximum absolute atomic E-state index is 5.71. The highest BCUT2D eigenvalue weighted by atomic mass is 16.7. The Morgan fingerprint density at radius 3 is 1.92 bits per heavy atom. The Balaban J connectivity index is 1.11. The molecular weight excluding hydrogens is 646 g/mol. The third kappa shape index (κ3) is 7.16. The van der Waals surface area contributed by atoms with Gasteiger partial charge in [-0.3, -0.25) is 0 Å². The van der Waals surface area contributed by atoms with E-state index >= 15 is 0 Å². The highest BCUT2D eigenvalue weighted by Gasteiger charge is 2.30. The van der Waals surface area contributed by atoms with E-state index in [1.807, 2.05) is 36.7 Å². The van der Waals surface area contributed by atoms with Crippen molar-refractivity contribution in [3.05, 3.63) is 107 Å². The van der Waals surface area contributed by atoms with E-state index in [2.05, 4.69) is 63.2 Å². The van der Waals surface area contributed by atoms with Gasteiger partial charge in [0, 0.05) is 67.5 Å². The van der Waals surface area contributed by atoms with Crippen molar-refractivity contribution in [1.29, 1.82) is 0 Å². The van der Waals surface area contributed by atoms with Crippen LogP contribution in [0.4, 0.5) is 23.4 Å². The fourth-order valence-corrected chi connectivity index (χ4v) is 6.71. The van der Waals surface area contributed by atoms with Crippen molar-refractivity contribution >= 4 is 23.4 Å². The fourth-order valence-electron chi connectivity index (χ4n) is 6.71. The normalized spacial score (nSPS) is 16.0. The minimum absolute atomic E-state index is 0.307. The number of hydrogen-bond acceptors (Lipinski definition) is 12. The lowest BCUT2D eigenvalue weighted by molar-refractivity contribution is -0.0441. The summed E-state index contributed by atoms with van der Waals surface area (Å²) in [5.74, 6) is 3.86. The highest BCUT2D eigenvalue weighted by Crippen LogP contribution is 2.40. The summed E-state index contributed by atoms with van der Waals surface area (Å²) in [6, 6.07) is 24.6. The van der Waals surface area contributed by atoms with Crippen LogP contribution in [0.5, 0.6) is 11.5 Å². The average Bonchev–Trinajstić information content (AvgIpc) is 3.90. The maximum atomic E-state index is 5.71. The Morgan fingerprint density at radius 1 is 0.725 bits per heavy atom. The zero-order valence-corrected chi connectivity index (χ0v) is 28.9. The predicted octanol–water partition coefficient (Wildman–Crippen LogP) is 5.73. The quantitative estimate of drug-likeness (QED) is 0.169. The first-order chi connectivity index (χ1) is 25.1. The molecule has 0 radical (unpaired) electrons. The Hall–Kier alpha value is -5.30. The van der Waals surface area contributed by atoms with Crippen molar-refractivity contribution in [3.8, 4) is 22.8 Å². The van der Waals surface area contributed by atoms with Crippen LogP contribution in [-0.4, -0.2) is 80.2 Å². The molecule has 2 aromatic heterocycles. The maximum Gasteiger partial charge on any atom is 0.228 e. The molecule has 3 aliphatic rings. The summed E-state index contributed by atoms with van der Waals surface area (Å²) in [5.41, 5.74) is 7.12. The first-order valence-corrected chi connectivity index (χ1v) is 17.3. The van der Waals surface area contributed by atoms with Crippen LogP contribution in [0.3, 0.4) is 0 Å². The molecule has 262 valence electrons. The third-order valence-electron chi connectivity index (χ3n) is 9.47. The van der Waals surface area contributed by atoms with Crippen LogP contribution < -0.4 is 24.2 Å². The summed E-state index contributed by atoms with van der Waals surface area (Å²) in [7, 11) is 3.35. The summed E-state index contributed by atoms with van der Waals surface area (Å²) in [6.45, 7) is 6.00. The second kappa shape index (κ2) is 14.9. The topological polar surface area (TPSA) is 107 Å². The summed E-state index contributed by atoms with van der Waals surface area (Å²) in [4.78, 5) is 26.8. The van der Waals surface area contributed by atoms with Gasteiger partial charge in [0.2, 0.25) is 11.9 Å². The number of anilines is 4. The number of hydrogen-bond donors (Lipinski definition) is 0. The minimum Gasteiger partial charge on any atom is -0.497 e. The van der Waals surface area contributed by atoms with E-state index in [1.165, 1.54) is 0 Å². The average molecular weight is 688 g/mol. The molecule has 0 N–H and O–H groups in total. The second-order valence-corrected chi connectivity index (χ2v) is 12.7. The van der Waals surface area contributed by atoms with Gasteiger partial charge < -0.3 is 38.4 Å². The molecule has 5 aromatic rings. The molecule has 0 amide bonds. The minimum atomic E-state index is -0.307. The smallest absolute Gasteiger partial charge is 0.228 e. The summed E-state index contributed by atoms with van der Waals surface area (Å²) >= 11 is 0. The van der Waals surface area contributed by atoms with Gasteiger partial charge in [-0.2, -0.15) is 4.98 Å². The molecule has 2 fully saturated rings. The van der Waals surface area contributed by atoms with Gasteiger partial charge in [-0.1, -0.05) is 36.4 Å². The molecule has 0 atom stereocenters. The van der Waals surface area contributed by atoms with Crippen LogP contribution in [0, 0.1) is 0 Å². The third-order valence-corrected chi connectivity index (χ3v) is 9.47. The largest absolute Gasteiger partial charge is 0.497 e. The van der Waals surface area contributed by atoms with Crippen molar-refractivity contribution in [2.75, 3.05) is 75.0 Å². The number of rotatable bonds is 11. The van der Waals surface area contributed by atoms with Crippen LogP contribution in [0.1, 0.15) is 28.5 Å². The fraction of sp³-hybridized carbons (Fsp3) is 0.333. The lowest BCUT2D eigenvalue weighted by Gasteiger charge is -2.28. The monoisotopic (exact) mass is 687 g/mol. The molecule has 12 heteroatoms. The first kappa shape index (κ1) is 32.9. The number of fused-ring (bicyclic) bond motifs is 1. The van der Waals surface area contributed by atoms with E-state index in [4.69, 9.17) is 43.6 Å². The van der Waals surface area contributed by atoms with Gasteiger partial charge in [0.05, 0.1) is 46.3 Å². The van der Waals surface area contributed by atoms with Gasteiger partial charge in [-0.05, 0) is 53.9 Å². The lowest BCUT2D eigenvalue weighted by atomic mass is 10.1. The number of benzene rings is 3. The van der Waals surface area contributed by atoms with E-state index in [1.54, 1.807) is 14.2 Å². The molecule has 51 heavy (non-hydrogen) atoms. The second-order valence-electron chi connectivity index (χ2n) is 12.7. The SMILES string of the molecule is COc1ccc(CN(Cc2ccc(OC)cc2)c2ncc(-c3nc(N4CCOCC4)nc4c3CCN4c3ccc(C4OCCO4)cc3)cn2)cc1. The van der Waals surface area contributed by atoms with E-state index in [0.717, 1.165) is 82.6 Å². The summed E-state index contributed by atoms with van der Waals surface area (Å²) < 4.78 is 27.8. The zero-order valence-electron chi connectivity index (χ0n) is 28.9. The van der Waals surface area contributed by atoms with Crippen molar-refractivity contribution in [2.45, 2.75) is 25.8 Å². The van der Waals surface area contributed by atoms with E-state index < -0.39 is 0 Å². The molecule has 3 aromatic carbocycles. The van der Waals surface area contributed by atoms with Crippen LogP contribution in [0.25, 0.3) is 11.3 Å². The van der Waals surface area contributed by atoms with Gasteiger partial charge in [0.25, 0.3) is 0 Å². The van der Waals surface area contributed by atoms with Gasteiger partial charge in [0.1, 0.15) is 17.3 Å². The zero-order chi connectivity index (χ0) is 34.6. The van der Waals surface area contributed by atoms with E-state index in [-0.39, 0.29) is 6.29 Å². The summed E-state index contributed by atoms with van der Waals surface area (Å²) in [5, 5.41) is 0. The molecule has 0 spiro atoms. The lowest BCUT2D eigenvalue weighted by Crippen LogP contribution is -2.37. The Bertz CT molecular complexity index is 1860. The molecule has 0 unspecified atom stereocenters. The molecular formula is C39H41N7O5. The van der Waals surface area contributed by atoms with Crippen molar-refractivity contribution in [2.24, 2.45) is 0 Å². The number of ether oxygens (including phenoxy) is 5. The standard InChI is InChI=1S/C39H41N7O5/c1-47-32-11-3-27(4-12-32)25-45(26-28-5-13-33(48-2)14-6-28)38-40-23-30(24-41-38)35-34-15-16-46(31-9-7-29(8-10-31)37-50-21-22-51-37)36(34)43-39(42-35)44-17-19-49-20-18-44/h3-14,23-24,37H,15-22,25-26H2,1-2H3. The molecule has 12 nitrogen and oxygen atoms in total. The number of nitrogens with zero attached hydrogens (tertiary/aromatic N) is 7. The van der Waals surface area contributed by atoms with Gasteiger partial charge in [0.15, 0.2) is 6.29 Å². The number of aromatic nitrogens is 4. The molecule has 3 aliphatic heterocycles. The Kier molecular flexibility index (Phi) is 9.60.